The first-order valence-corrected chi connectivity index (χ1v) is 6.82. The summed E-state index contributed by atoms with van der Waals surface area (Å²) in [6, 6.07) is 10.6. The average molecular weight is 333 g/mol. The molecule has 3 aromatic rings. The van der Waals surface area contributed by atoms with Gasteiger partial charge < -0.3 is 10.3 Å². The third-order valence-corrected chi connectivity index (χ3v) is 3.28. The second-order valence-electron chi connectivity index (χ2n) is 4.96. The van der Waals surface area contributed by atoms with Crippen molar-refractivity contribution in [2.75, 3.05) is 5.32 Å². The normalized spacial score (nSPS) is 11.5. The van der Waals surface area contributed by atoms with E-state index in [4.69, 9.17) is 0 Å². The smallest absolute Gasteiger partial charge is 0.319 e. The predicted molar refractivity (Wildman–Crippen MR) is 81.8 cm³/mol. The minimum absolute atomic E-state index is 0.0503. The zero-order valence-corrected chi connectivity index (χ0v) is 12.0. The number of carbonyl (C=O) groups is 1. The summed E-state index contributed by atoms with van der Waals surface area (Å²) in [5, 5.41) is 2.60. The number of benzene rings is 2. The number of aromatic nitrogens is 2. The number of H-pyrrole nitrogens is 1. The van der Waals surface area contributed by atoms with Crippen molar-refractivity contribution in [2.45, 2.75) is 6.18 Å². The van der Waals surface area contributed by atoms with Crippen LogP contribution in [-0.4, -0.2) is 15.9 Å². The number of rotatable bonds is 2. The van der Waals surface area contributed by atoms with Crippen LogP contribution in [0.1, 0.15) is 16.2 Å². The molecule has 1 heterocycles. The maximum Gasteiger partial charge on any atom is 0.416 e. The molecular formula is C16H10F3N3O2. The Morgan fingerprint density at radius 1 is 1.08 bits per heavy atom. The van der Waals surface area contributed by atoms with Crippen LogP contribution < -0.4 is 10.9 Å². The number of carbonyl (C=O) groups excluding carboxylic acids is 1. The molecule has 122 valence electrons. The number of hydrogen-bond acceptors (Lipinski definition) is 3. The Balaban J connectivity index is 1.92. The molecule has 3 rings (SSSR count). The van der Waals surface area contributed by atoms with Gasteiger partial charge in [0.1, 0.15) is 0 Å². The lowest BCUT2D eigenvalue weighted by molar-refractivity contribution is -0.137. The maximum atomic E-state index is 12.7. The lowest BCUT2D eigenvalue weighted by atomic mass is 10.2. The van der Waals surface area contributed by atoms with Gasteiger partial charge in [-0.1, -0.05) is 18.2 Å². The van der Waals surface area contributed by atoms with Gasteiger partial charge in [-0.15, -0.1) is 0 Å². The maximum absolute atomic E-state index is 12.7. The largest absolute Gasteiger partial charge is 0.416 e. The Kier molecular flexibility index (Phi) is 3.80. The highest BCUT2D eigenvalue weighted by Crippen LogP contribution is 2.30. The highest BCUT2D eigenvalue weighted by Gasteiger charge is 2.30. The molecular weight excluding hydrogens is 323 g/mol. The van der Waals surface area contributed by atoms with E-state index < -0.39 is 23.2 Å². The summed E-state index contributed by atoms with van der Waals surface area (Å²) in [4.78, 5) is 30.4. The molecule has 1 aromatic heterocycles. The standard InChI is InChI=1S/C16H10F3N3O2/c17-16(18,19)9-4-3-5-10(8-9)20-15(24)13-21-12-7-2-1-6-11(12)14(23)22-13/h1-8H,(H,20,24)(H,21,22,23). The van der Waals surface area contributed by atoms with Crippen LogP contribution >= 0.6 is 0 Å². The molecule has 0 saturated carbocycles. The Morgan fingerprint density at radius 3 is 2.58 bits per heavy atom. The van der Waals surface area contributed by atoms with E-state index in [1.165, 1.54) is 12.1 Å². The molecule has 5 nitrogen and oxygen atoms in total. The Bertz CT molecular complexity index is 980. The van der Waals surface area contributed by atoms with Gasteiger partial charge in [0.25, 0.3) is 11.5 Å². The molecule has 2 N–H and O–H groups in total. The fraction of sp³-hybridized carbons (Fsp3) is 0.0625. The van der Waals surface area contributed by atoms with Crippen LogP contribution in [0.4, 0.5) is 18.9 Å². The lowest BCUT2D eigenvalue weighted by Gasteiger charge is -2.09. The zero-order valence-electron chi connectivity index (χ0n) is 12.0. The summed E-state index contributed by atoms with van der Waals surface area (Å²) >= 11 is 0. The van der Waals surface area contributed by atoms with Crippen LogP contribution in [-0.2, 0) is 6.18 Å². The van der Waals surface area contributed by atoms with Gasteiger partial charge >= 0.3 is 6.18 Å². The Morgan fingerprint density at radius 2 is 1.83 bits per heavy atom. The third-order valence-electron chi connectivity index (χ3n) is 3.28. The van der Waals surface area contributed by atoms with Crippen LogP contribution in [0.25, 0.3) is 10.9 Å². The Hall–Kier alpha value is -3.16. The average Bonchev–Trinajstić information content (AvgIpc) is 2.54. The molecule has 0 bridgehead atoms. The number of nitrogens with one attached hydrogen (secondary N) is 2. The van der Waals surface area contributed by atoms with Gasteiger partial charge in [-0.05, 0) is 30.3 Å². The number of halogens is 3. The topological polar surface area (TPSA) is 74.8 Å². The first-order chi connectivity index (χ1) is 11.3. The fourth-order valence-electron chi connectivity index (χ4n) is 2.16. The molecule has 24 heavy (non-hydrogen) atoms. The summed E-state index contributed by atoms with van der Waals surface area (Å²) in [7, 11) is 0. The van der Waals surface area contributed by atoms with Gasteiger partial charge in [0.05, 0.1) is 16.5 Å². The Labute approximate surface area is 133 Å². The lowest BCUT2D eigenvalue weighted by Crippen LogP contribution is -2.21. The quantitative estimate of drug-likeness (QED) is 0.756. The molecule has 0 atom stereocenters. The van der Waals surface area contributed by atoms with E-state index in [9.17, 15) is 22.8 Å². The second-order valence-corrected chi connectivity index (χ2v) is 4.96. The van der Waals surface area contributed by atoms with Gasteiger partial charge in [0.2, 0.25) is 0 Å². The van der Waals surface area contributed by atoms with Crippen molar-refractivity contribution >= 4 is 22.5 Å². The third kappa shape index (κ3) is 3.12. The van der Waals surface area contributed by atoms with E-state index in [1.54, 1.807) is 24.3 Å². The molecule has 0 aliphatic rings. The van der Waals surface area contributed by atoms with Gasteiger partial charge in [0, 0.05) is 5.69 Å². The molecule has 0 spiro atoms. The number of alkyl halides is 3. The van der Waals surface area contributed by atoms with Crippen LogP contribution in [0, 0.1) is 0 Å². The second kappa shape index (κ2) is 5.80. The summed E-state index contributed by atoms with van der Waals surface area (Å²) < 4.78 is 38.0. The van der Waals surface area contributed by atoms with Crippen molar-refractivity contribution in [3.8, 4) is 0 Å². The van der Waals surface area contributed by atoms with Crippen LogP contribution in [0.5, 0.6) is 0 Å². The fourth-order valence-corrected chi connectivity index (χ4v) is 2.16. The zero-order chi connectivity index (χ0) is 17.3. The molecule has 8 heteroatoms. The first kappa shape index (κ1) is 15.7. The van der Waals surface area contributed by atoms with Crippen molar-refractivity contribution in [1.82, 2.24) is 9.97 Å². The number of aromatic amines is 1. The van der Waals surface area contributed by atoms with Crippen molar-refractivity contribution in [1.29, 1.82) is 0 Å². The number of nitrogens with zero attached hydrogens (tertiary/aromatic N) is 1. The van der Waals surface area contributed by atoms with E-state index in [2.05, 4.69) is 15.3 Å². The molecule has 0 radical (unpaired) electrons. The number of fused-ring (bicyclic) bond motifs is 1. The van der Waals surface area contributed by atoms with Gasteiger partial charge in [0.15, 0.2) is 5.82 Å². The minimum atomic E-state index is -4.52. The van der Waals surface area contributed by atoms with Crippen molar-refractivity contribution in [3.05, 3.63) is 70.3 Å². The van der Waals surface area contributed by atoms with E-state index in [0.717, 1.165) is 12.1 Å². The summed E-state index contributed by atoms with van der Waals surface area (Å²) in [6.07, 6.45) is -4.52. The van der Waals surface area contributed by atoms with Crippen LogP contribution in [0.2, 0.25) is 0 Å². The number of amides is 1. The minimum Gasteiger partial charge on any atom is -0.319 e. The predicted octanol–water partition coefficient (Wildman–Crippen LogP) is 3.19. The van der Waals surface area contributed by atoms with Gasteiger partial charge in [-0.25, -0.2) is 4.98 Å². The van der Waals surface area contributed by atoms with Crippen LogP contribution in [0.3, 0.4) is 0 Å². The van der Waals surface area contributed by atoms with Crippen molar-refractivity contribution in [3.63, 3.8) is 0 Å². The van der Waals surface area contributed by atoms with E-state index in [-0.39, 0.29) is 11.5 Å². The molecule has 2 aromatic carbocycles. The van der Waals surface area contributed by atoms with Crippen molar-refractivity contribution in [2.24, 2.45) is 0 Å². The SMILES string of the molecule is O=C(Nc1cccc(C(F)(F)F)c1)c1nc2ccccc2c(=O)[nH]1. The highest BCUT2D eigenvalue weighted by atomic mass is 19.4. The number of anilines is 1. The molecule has 0 saturated heterocycles. The van der Waals surface area contributed by atoms with E-state index in [0.29, 0.717) is 10.9 Å². The summed E-state index contributed by atoms with van der Waals surface area (Å²) in [5.41, 5.74) is -1.13. The summed E-state index contributed by atoms with van der Waals surface area (Å²) in [5.74, 6) is -1.09. The monoisotopic (exact) mass is 333 g/mol. The molecule has 0 fully saturated rings. The highest BCUT2D eigenvalue weighted by molar-refractivity contribution is 6.02. The van der Waals surface area contributed by atoms with Gasteiger partial charge in [-0.3, -0.25) is 9.59 Å². The van der Waals surface area contributed by atoms with E-state index >= 15 is 0 Å². The number of para-hydroxylation sites is 1. The van der Waals surface area contributed by atoms with Crippen LogP contribution in [0.15, 0.2) is 53.3 Å². The summed E-state index contributed by atoms with van der Waals surface area (Å²) in [6.45, 7) is 0. The first-order valence-electron chi connectivity index (χ1n) is 6.82. The van der Waals surface area contributed by atoms with Crippen molar-refractivity contribution < 1.29 is 18.0 Å². The number of hydrogen-bond donors (Lipinski definition) is 2. The van der Waals surface area contributed by atoms with E-state index in [1.807, 2.05) is 0 Å². The molecule has 1 amide bonds. The van der Waals surface area contributed by atoms with Gasteiger partial charge in [-0.2, -0.15) is 13.2 Å². The molecule has 0 aliphatic heterocycles. The molecule has 0 aliphatic carbocycles. The molecule has 0 unspecified atom stereocenters.